The van der Waals surface area contributed by atoms with E-state index >= 15 is 0 Å². The maximum absolute atomic E-state index is 12.0. The van der Waals surface area contributed by atoms with Crippen LogP contribution in [0.3, 0.4) is 0 Å². The number of ether oxygens (including phenoxy) is 2. The van der Waals surface area contributed by atoms with Crippen LogP contribution in [0.15, 0.2) is 24.3 Å². The number of alkyl halides is 3. The maximum Gasteiger partial charge on any atom is 0.422 e. The Balaban J connectivity index is 1.78. The van der Waals surface area contributed by atoms with Crippen molar-refractivity contribution in [2.45, 2.75) is 37.8 Å². The molecule has 0 radical (unpaired) electrons. The van der Waals surface area contributed by atoms with Crippen LogP contribution < -0.4 is 10.1 Å². The monoisotopic (exact) mass is 347 g/mol. The molecule has 2 atom stereocenters. The lowest BCUT2D eigenvalue weighted by atomic mass is 10.1. The van der Waals surface area contributed by atoms with Crippen molar-refractivity contribution in [1.82, 2.24) is 5.32 Å². The minimum absolute atomic E-state index is 0.0748. The molecule has 0 bridgehead atoms. The number of nitrogens with one attached hydrogen (secondary N) is 1. The van der Waals surface area contributed by atoms with Crippen molar-refractivity contribution in [2.75, 3.05) is 6.61 Å². The van der Waals surface area contributed by atoms with Gasteiger partial charge in [-0.3, -0.25) is 4.79 Å². The lowest BCUT2D eigenvalue weighted by molar-refractivity contribution is -0.153. The second-order valence-corrected chi connectivity index (χ2v) is 5.29. The summed E-state index contributed by atoms with van der Waals surface area (Å²) in [6.07, 6.45) is -5.57. The van der Waals surface area contributed by atoms with Crippen LogP contribution in [0.1, 0.15) is 18.4 Å². The Morgan fingerprint density at radius 1 is 1.21 bits per heavy atom. The number of carbonyl (C=O) groups excluding carboxylic acids is 1. The van der Waals surface area contributed by atoms with Gasteiger partial charge >= 0.3 is 12.1 Å². The van der Waals surface area contributed by atoms with E-state index in [2.05, 4.69) is 10.1 Å². The maximum atomic E-state index is 12.0. The fourth-order valence-corrected chi connectivity index (χ4v) is 2.18. The van der Waals surface area contributed by atoms with Crippen molar-refractivity contribution in [3.05, 3.63) is 29.8 Å². The van der Waals surface area contributed by atoms with Crippen molar-refractivity contribution >= 4 is 11.9 Å². The Hall–Kier alpha value is -2.29. The van der Waals surface area contributed by atoms with E-state index in [0.29, 0.717) is 12.0 Å². The molecule has 1 aromatic carbocycles. The number of carboxylic acid groups (broad SMARTS) is 1. The molecular weight excluding hydrogens is 331 g/mol. The molecule has 24 heavy (non-hydrogen) atoms. The van der Waals surface area contributed by atoms with Gasteiger partial charge in [0.1, 0.15) is 11.9 Å². The van der Waals surface area contributed by atoms with E-state index < -0.39 is 36.9 Å². The minimum atomic E-state index is -4.40. The fraction of sp³-hybridized carbons (Fsp3) is 0.467. The van der Waals surface area contributed by atoms with Gasteiger partial charge < -0.3 is 19.9 Å². The van der Waals surface area contributed by atoms with Gasteiger partial charge in [-0.2, -0.15) is 13.2 Å². The normalized spacial score (nSPS) is 20.6. The summed E-state index contributed by atoms with van der Waals surface area (Å²) in [6, 6.07) is 5.81. The van der Waals surface area contributed by atoms with Gasteiger partial charge in [0.15, 0.2) is 12.7 Å². The van der Waals surface area contributed by atoms with Crippen molar-refractivity contribution in [3.8, 4) is 5.75 Å². The third-order valence-electron chi connectivity index (χ3n) is 3.38. The van der Waals surface area contributed by atoms with Gasteiger partial charge in [-0.15, -0.1) is 0 Å². The number of hydrogen-bond acceptors (Lipinski definition) is 4. The molecule has 1 heterocycles. The number of aliphatic carboxylic acids is 1. The van der Waals surface area contributed by atoms with Gasteiger partial charge in [-0.05, 0) is 30.5 Å². The highest BCUT2D eigenvalue weighted by Crippen LogP contribution is 2.21. The van der Waals surface area contributed by atoms with Crippen molar-refractivity contribution in [2.24, 2.45) is 0 Å². The molecule has 1 saturated heterocycles. The molecule has 0 unspecified atom stereocenters. The summed E-state index contributed by atoms with van der Waals surface area (Å²) in [6.45, 7) is -1.22. The van der Waals surface area contributed by atoms with Gasteiger partial charge in [-0.25, -0.2) is 4.79 Å². The predicted molar refractivity (Wildman–Crippen MR) is 75.4 cm³/mol. The Labute approximate surface area is 135 Å². The van der Waals surface area contributed by atoms with Crippen LogP contribution in [0.25, 0.3) is 0 Å². The van der Waals surface area contributed by atoms with E-state index in [1.165, 1.54) is 24.3 Å². The van der Waals surface area contributed by atoms with E-state index in [1.807, 2.05) is 0 Å². The summed E-state index contributed by atoms with van der Waals surface area (Å²) in [5, 5.41) is 11.4. The Bertz CT molecular complexity index is 588. The van der Waals surface area contributed by atoms with Crippen molar-refractivity contribution in [3.63, 3.8) is 0 Å². The second-order valence-electron chi connectivity index (χ2n) is 5.29. The number of benzene rings is 1. The number of carboxylic acids is 1. The Morgan fingerprint density at radius 2 is 1.83 bits per heavy atom. The standard InChI is InChI=1S/C15H16F3NO5/c16-15(17,18)8-23-10-3-1-9(2-4-10)7-19-13(20)11-5-6-12(24-11)14(21)22/h1-4,11-12H,5-8H2,(H,19,20)(H,21,22)/t11-,12+/m0/s1. The van der Waals surface area contributed by atoms with Gasteiger partial charge in [0.2, 0.25) is 5.91 Å². The summed E-state index contributed by atoms with van der Waals surface area (Å²) in [5.74, 6) is -1.44. The number of carbonyl (C=O) groups is 2. The first-order valence-corrected chi connectivity index (χ1v) is 7.19. The van der Waals surface area contributed by atoms with Crippen LogP contribution in [0.4, 0.5) is 13.2 Å². The van der Waals surface area contributed by atoms with Crippen LogP contribution in [0, 0.1) is 0 Å². The van der Waals surface area contributed by atoms with Gasteiger partial charge in [-0.1, -0.05) is 12.1 Å². The fourth-order valence-electron chi connectivity index (χ4n) is 2.18. The summed E-state index contributed by atoms with van der Waals surface area (Å²) >= 11 is 0. The molecule has 0 spiro atoms. The van der Waals surface area contributed by atoms with E-state index in [1.54, 1.807) is 0 Å². The first kappa shape index (κ1) is 18.1. The Kier molecular flexibility index (Phi) is 5.66. The highest BCUT2D eigenvalue weighted by atomic mass is 19.4. The average Bonchev–Trinajstić information content (AvgIpc) is 3.01. The molecule has 6 nitrogen and oxygen atoms in total. The minimum Gasteiger partial charge on any atom is -0.484 e. The SMILES string of the molecule is O=C(NCc1ccc(OCC(F)(F)F)cc1)[C@@H]1CC[C@H](C(=O)O)O1. The van der Waals surface area contributed by atoms with Crippen LogP contribution >= 0.6 is 0 Å². The molecule has 2 rings (SSSR count). The van der Waals surface area contributed by atoms with Gasteiger partial charge in [0.05, 0.1) is 0 Å². The molecule has 1 amide bonds. The average molecular weight is 347 g/mol. The topological polar surface area (TPSA) is 84.9 Å². The molecule has 1 aliphatic rings. The quantitative estimate of drug-likeness (QED) is 0.821. The lowest BCUT2D eigenvalue weighted by Gasteiger charge is -2.12. The molecule has 2 N–H and O–H groups in total. The van der Waals surface area contributed by atoms with Gasteiger partial charge in [0.25, 0.3) is 0 Å². The van der Waals surface area contributed by atoms with Crippen LogP contribution in [0.5, 0.6) is 5.75 Å². The highest BCUT2D eigenvalue weighted by molar-refractivity contribution is 5.82. The molecule has 132 valence electrons. The van der Waals surface area contributed by atoms with E-state index in [4.69, 9.17) is 9.84 Å². The lowest BCUT2D eigenvalue weighted by Crippen LogP contribution is -2.35. The molecule has 0 saturated carbocycles. The molecule has 9 heteroatoms. The highest BCUT2D eigenvalue weighted by Gasteiger charge is 2.34. The molecule has 1 aromatic rings. The van der Waals surface area contributed by atoms with E-state index in [-0.39, 0.29) is 18.7 Å². The predicted octanol–water partition coefficient (Wildman–Crippen LogP) is 1.88. The zero-order valence-corrected chi connectivity index (χ0v) is 12.5. The van der Waals surface area contributed by atoms with Crippen molar-refractivity contribution in [1.29, 1.82) is 0 Å². The van der Waals surface area contributed by atoms with Crippen LogP contribution in [-0.4, -0.2) is 42.0 Å². The number of rotatable bonds is 6. The van der Waals surface area contributed by atoms with E-state index in [9.17, 15) is 22.8 Å². The Morgan fingerprint density at radius 3 is 2.38 bits per heavy atom. The van der Waals surface area contributed by atoms with Crippen molar-refractivity contribution < 1.29 is 37.3 Å². The number of hydrogen-bond donors (Lipinski definition) is 2. The third-order valence-corrected chi connectivity index (χ3v) is 3.38. The zero-order chi connectivity index (χ0) is 17.7. The first-order valence-electron chi connectivity index (χ1n) is 7.19. The van der Waals surface area contributed by atoms with Crippen LogP contribution in [-0.2, 0) is 20.9 Å². The summed E-state index contributed by atoms with van der Waals surface area (Å²) in [7, 11) is 0. The summed E-state index contributed by atoms with van der Waals surface area (Å²) in [5.41, 5.74) is 0.662. The zero-order valence-electron chi connectivity index (χ0n) is 12.5. The summed E-state index contributed by atoms with van der Waals surface area (Å²) in [4.78, 5) is 22.6. The third kappa shape index (κ3) is 5.41. The molecule has 0 aliphatic carbocycles. The molecule has 0 aromatic heterocycles. The van der Waals surface area contributed by atoms with Crippen LogP contribution in [0.2, 0.25) is 0 Å². The van der Waals surface area contributed by atoms with Gasteiger partial charge in [0, 0.05) is 6.54 Å². The number of halogens is 3. The molecular formula is C15H16F3NO5. The van der Waals surface area contributed by atoms with E-state index in [0.717, 1.165) is 0 Å². The molecule has 1 fully saturated rings. The second kappa shape index (κ2) is 7.52. The number of amides is 1. The molecule has 1 aliphatic heterocycles. The first-order chi connectivity index (χ1) is 11.2. The largest absolute Gasteiger partial charge is 0.484 e. The smallest absolute Gasteiger partial charge is 0.422 e. The summed E-state index contributed by atoms with van der Waals surface area (Å²) < 4.78 is 45.8.